The second-order valence-electron chi connectivity index (χ2n) is 4.34. The average Bonchev–Trinajstić information content (AvgIpc) is 2.61. The fraction of sp³-hybridized carbons (Fsp3) is 0.538. The van der Waals surface area contributed by atoms with Crippen LogP contribution in [-0.2, 0) is 12.8 Å². The van der Waals surface area contributed by atoms with Crippen molar-refractivity contribution < 1.29 is 0 Å². The first kappa shape index (κ1) is 10.5. The highest BCUT2D eigenvalue weighted by atomic mass is 15.1. The molecule has 0 bridgehead atoms. The Morgan fingerprint density at radius 2 is 2.27 bits per heavy atom. The number of likely N-dealkylation sites (N-methyl/N-ethyl adjacent to an activating group) is 1. The molecule has 1 heterocycles. The summed E-state index contributed by atoms with van der Waals surface area (Å²) < 4.78 is 0. The molecule has 0 aliphatic carbocycles. The van der Waals surface area contributed by atoms with Crippen molar-refractivity contribution in [3.63, 3.8) is 0 Å². The van der Waals surface area contributed by atoms with E-state index >= 15 is 0 Å². The van der Waals surface area contributed by atoms with Gasteiger partial charge < -0.3 is 10.2 Å². The van der Waals surface area contributed by atoms with Gasteiger partial charge in [-0.3, -0.25) is 0 Å². The standard InChI is InChI=1S/C13H20N2/c1-14-8-3-4-11-5-6-13-12(10-11)7-9-15(13)2/h5-6,10,14H,3-4,7-9H2,1-2H3. The number of nitrogens with one attached hydrogen (secondary N) is 1. The molecule has 0 saturated heterocycles. The minimum atomic E-state index is 1.11. The van der Waals surface area contributed by atoms with Crippen LogP contribution in [0.4, 0.5) is 5.69 Å². The van der Waals surface area contributed by atoms with Gasteiger partial charge in [0.1, 0.15) is 0 Å². The van der Waals surface area contributed by atoms with Crippen LogP contribution >= 0.6 is 0 Å². The van der Waals surface area contributed by atoms with Crippen molar-refractivity contribution in [3.8, 4) is 0 Å². The molecule has 0 fully saturated rings. The van der Waals surface area contributed by atoms with Crippen LogP contribution in [0, 0.1) is 0 Å². The molecule has 1 aromatic rings. The zero-order valence-electron chi connectivity index (χ0n) is 9.71. The summed E-state index contributed by atoms with van der Waals surface area (Å²) in [6, 6.07) is 6.93. The highest BCUT2D eigenvalue weighted by molar-refractivity contribution is 5.58. The summed E-state index contributed by atoms with van der Waals surface area (Å²) in [5, 5.41) is 3.19. The second kappa shape index (κ2) is 4.67. The lowest BCUT2D eigenvalue weighted by Gasteiger charge is -2.12. The molecule has 0 radical (unpaired) electrons. The predicted molar refractivity (Wildman–Crippen MR) is 65.7 cm³/mol. The van der Waals surface area contributed by atoms with E-state index in [9.17, 15) is 0 Å². The van der Waals surface area contributed by atoms with Crippen molar-refractivity contribution in [2.75, 3.05) is 32.1 Å². The Bertz CT molecular complexity index is 333. The van der Waals surface area contributed by atoms with Gasteiger partial charge in [0.05, 0.1) is 0 Å². The first-order valence-electron chi connectivity index (χ1n) is 5.79. The van der Waals surface area contributed by atoms with Gasteiger partial charge in [-0.05, 0) is 50.0 Å². The maximum atomic E-state index is 3.19. The van der Waals surface area contributed by atoms with Crippen molar-refractivity contribution in [2.45, 2.75) is 19.3 Å². The molecule has 1 aliphatic rings. The van der Waals surface area contributed by atoms with E-state index in [4.69, 9.17) is 0 Å². The van der Waals surface area contributed by atoms with Gasteiger partial charge in [-0.2, -0.15) is 0 Å². The van der Waals surface area contributed by atoms with Crippen molar-refractivity contribution in [3.05, 3.63) is 29.3 Å². The maximum absolute atomic E-state index is 3.19. The molecule has 0 unspecified atom stereocenters. The zero-order valence-corrected chi connectivity index (χ0v) is 9.71. The Morgan fingerprint density at radius 3 is 3.07 bits per heavy atom. The smallest absolute Gasteiger partial charge is 0.0397 e. The van der Waals surface area contributed by atoms with Crippen LogP contribution in [0.15, 0.2) is 18.2 Å². The lowest BCUT2D eigenvalue weighted by atomic mass is 10.0. The Hall–Kier alpha value is -1.02. The van der Waals surface area contributed by atoms with Crippen LogP contribution < -0.4 is 10.2 Å². The van der Waals surface area contributed by atoms with Crippen molar-refractivity contribution >= 4 is 5.69 Å². The highest BCUT2D eigenvalue weighted by Crippen LogP contribution is 2.27. The van der Waals surface area contributed by atoms with Gasteiger partial charge in [-0.25, -0.2) is 0 Å². The van der Waals surface area contributed by atoms with E-state index < -0.39 is 0 Å². The Balaban J connectivity index is 2.03. The maximum Gasteiger partial charge on any atom is 0.0397 e. The van der Waals surface area contributed by atoms with Gasteiger partial charge in [-0.15, -0.1) is 0 Å². The molecule has 82 valence electrons. The molecule has 1 aromatic carbocycles. The van der Waals surface area contributed by atoms with Crippen LogP contribution in [0.2, 0.25) is 0 Å². The number of anilines is 1. The van der Waals surface area contributed by atoms with Gasteiger partial charge in [-0.1, -0.05) is 12.1 Å². The summed E-state index contributed by atoms with van der Waals surface area (Å²) in [6.45, 7) is 2.28. The number of hydrogen-bond acceptors (Lipinski definition) is 2. The lowest BCUT2D eigenvalue weighted by molar-refractivity contribution is 0.724. The number of rotatable bonds is 4. The number of benzene rings is 1. The summed E-state index contributed by atoms with van der Waals surface area (Å²) in [6.07, 6.45) is 3.63. The number of aryl methyl sites for hydroxylation is 1. The van der Waals surface area contributed by atoms with E-state index in [0.29, 0.717) is 0 Å². The van der Waals surface area contributed by atoms with Gasteiger partial charge in [0.25, 0.3) is 0 Å². The SMILES string of the molecule is CNCCCc1ccc2c(c1)CCN2C. The molecule has 0 aromatic heterocycles. The monoisotopic (exact) mass is 204 g/mol. The normalized spacial score (nSPS) is 14.4. The van der Waals surface area contributed by atoms with Crippen molar-refractivity contribution in [2.24, 2.45) is 0 Å². The Morgan fingerprint density at radius 1 is 1.40 bits per heavy atom. The first-order valence-corrected chi connectivity index (χ1v) is 5.79. The van der Waals surface area contributed by atoms with E-state index in [2.05, 4.69) is 35.5 Å². The van der Waals surface area contributed by atoms with E-state index in [0.717, 1.165) is 6.54 Å². The van der Waals surface area contributed by atoms with Gasteiger partial charge in [0.2, 0.25) is 0 Å². The summed E-state index contributed by atoms with van der Waals surface area (Å²) in [5.74, 6) is 0. The topological polar surface area (TPSA) is 15.3 Å². The second-order valence-corrected chi connectivity index (χ2v) is 4.34. The van der Waals surface area contributed by atoms with Crippen molar-refractivity contribution in [1.82, 2.24) is 5.32 Å². The van der Waals surface area contributed by atoms with Crippen LogP contribution in [0.5, 0.6) is 0 Å². The molecular weight excluding hydrogens is 184 g/mol. The molecule has 2 nitrogen and oxygen atoms in total. The summed E-state index contributed by atoms with van der Waals surface area (Å²) >= 11 is 0. The third-order valence-electron chi connectivity index (χ3n) is 3.16. The fourth-order valence-electron chi connectivity index (χ4n) is 2.24. The third-order valence-corrected chi connectivity index (χ3v) is 3.16. The lowest BCUT2D eigenvalue weighted by Crippen LogP contribution is -2.12. The third kappa shape index (κ3) is 2.32. The molecule has 0 atom stereocenters. The van der Waals surface area contributed by atoms with E-state index in [1.165, 1.54) is 42.6 Å². The van der Waals surface area contributed by atoms with Crippen LogP contribution in [0.25, 0.3) is 0 Å². The van der Waals surface area contributed by atoms with E-state index in [1.54, 1.807) is 0 Å². The summed E-state index contributed by atoms with van der Waals surface area (Å²) in [4.78, 5) is 2.34. The molecule has 0 amide bonds. The van der Waals surface area contributed by atoms with Gasteiger partial charge in [0.15, 0.2) is 0 Å². The number of fused-ring (bicyclic) bond motifs is 1. The Kier molecular flexibility index (Phi) is 3.27. The van der Waals surface area contributed by atoms with Gasteiger partial charge >= 0.3 is 0 Å². The molecule has 0 saturated carbocycles. The quantitative estimate of drug-likeness (QED) is 0.753. The minimum Gasteiger partial charge on any atom is -0.374 e. The van der Waals surface area contributed by atoms with E-state index in [-0.39, 0.29) is 0 Å². The van der Waals surface area contributed by atoms with Crippen molar-refractivity contribution in [1.29, 1.82) is 0 Å². The number of hydrogen-bond donors (Lipinski definition) is 1. The van der Waals surface area contributed by atoms with E-state index in [1.807, 2.05) is 7.05 Å². The predicted octanol–water partition coefficient (Wildman–Crippen LogP) is 1.83. The minimum absolute atomic E-state index is 1.11. The highest BCUT2D eigenvalue weighted by Gasteiger charge is 2.14. The molecule has 0 spiro atoms. The average molecular weight is 204 g/mol. The molecule has 1 N–H and O–H groups in total. The fourth-order valence-corrected chi connectivity index (χ4v) is 2.24. The zero-order chi connectivity index (χ0) is 10.7. The van der Waals surface area contributed by atoms with Gasteiger partial charge in [0, 0.05) is 19.3 Å². The Labute approximate surface area is 92.3 Å². The molecule has 15 heavy (non-hydrogen) atoms. The van der Waals surface area contributed by atoms with Crippen LogP contribution in [0.1, 0.15) is 17.5 Å². The summed E-state index contributed by atoms with van der Waals surface area (Å²) in [7, 11) is 4.18. The van der Waals surface area contributed by atoms with Crippen LogP contribution in [0.3, 0.4) is 0 Å². The first-order chi connectivity index (χ1) is 7.31. The van der Waals surface area contributed by atoms with Crippen LogP contribution in [-0.4, -0.2) is 27.2 Å². The molecule has 2 heteroatoms. The molecule has 1 aliphatic heterocycles. The molecule has 2 rings (SSSR count). The largest absolute Gasteiger partial charge is 0.374 e. The summed E-state index contributed by atoms with van der Waals surface area (Å²) in [5.41, 5.74) is 4.44. The number of nitrogens with zero attached hydrogens (tertiary/aromatic N) is 1. The molecular formula is C13H20N2.